The monoisotopic (exact) mass is 711 g/mol. The first-order chi connectivity index (χ1) is 22.7. The van der Waals surface area contributed by atoms with Crippen molar-refractivity contribution >= 4 is 36.1 Å². The molecule has 0 saturated heterocycles. The van der Waals surface area contributed by atoms with Crippen LogP contribution in [0.5, 0.6) is 0 Å². The largest absolute Gasteiger partial charge is 0.475 e. The number of ether oxygens (including phenoxy) is 1. The van der Waals surface area contributed by atoms with E-state index in [0.717, 1.165) is 45.2 Å². The summed E-state index contributed by atoms with van der Waals surface area (Å²) in [6, 6.07) is 13.4. The van der Waals surface area contributed by atoms with Crippen LogP contribution in [-0.2, 0) is 32.6 Å². The molecule has 3 aromatic carbocycles. The fourth-order valence-electron chi connectivity index (χ4n) is 5.98. The van der Waals surface area contributed by atoms with Crippen LogP contribution in [0.3, 0.4) is 0 Å². The standard InChI is InChI=1S/C41H53F3NO4P/c1-36(2,3)26-19-28-29-20-27(37(4,5)6)22-31(39(10,11)12)34(29)48-50(47-33(28)30(21-26)38(7,8)9)49-40(13,14)32-23-46-35(45-32)24-15-17-25(18-16-24)41(42,43)44/h15-22,32H,23H2,1-14H3/t32-/m0/s1. The first kappa shape index (κ1) is 38.0. The number of rotatable bonds is 4. The van der Waals surface area contributed by atoms with Crippen molar-refractivity contribution < 1.29 is 30.8 Å². The molecule has 0 saturated carbocycles. The number of halogens is 3. The molecule has 0 N–H and O–H groups in total. The molecule has 1 aromatic heterocycles. The highest BCUT2D eigenvalue weighted by atomic mass is 31.1. The highest BCUT2D eigenvalue weighted by Crippen LogP contribution is 2.46. The van der Waals surface area contributed by atoms with Crippen molar-refractivity contribution in [3.05, 3.63) is 81.9 Å². The molecule has 0 unspecified atom stereocenters. The van der Waals surface area contributed by atoms with E-state index in [4.69, 9.17) is 22.6 Å². The molecule has 0 amide bonds. The Morgan fingerprint density at radius 2 is 1.06 bits per heavy atom. The average molecular weight is 712 g/mol. The van der Waals surface area contributed by atoms with E-state index in [0.29, 0.717) is 5.56 Å². The van der Waals surface area contributed by atoms with Gasteiger partial charge in [-0.15, -0.1) is 0 Å². The van der Waals surface area contributed by atoms with Crippen molar-refractivity contribution in [3.63, 3.8) is 0 Å². The van der Waals surface area contributed by atoms with E-state index in [1.807, 2.05) is 13.8 Å². The molecule has 1 aliphatic heterocycles. The maximum atomic E-state index is 13.2. The predicted molar refractivity (Wildman–Crippen MR) is 200 cm³/mol. The summed E-state index contributed by atoms with van der Waals surface area (Å²) in [7, 11) is -2.01. The van der Waals surface area contributed by atoms with E-state index in [1.54, 1.807) is 0 Å². The quantitative estimate of drug-likeness (QED) is 0.211. The van der Waals surface area contributed by atoms with Crippen LogP contribution in [0.25, 0.3) is 21.9 Å². The van der Waals surface area contributed by atoms with Crippen LogP contribution in [0, 0.1) is 0 Å². The van der Waals surface area contributed by atoms with Gasteiger partial charge in [-0.05, 0) is 83.0 Å². The molecular formula is C41H53F3NO4P. The molecule has 0 fully saturated rings. The number of aliphatic imine (C=N–C) groups is 1. The molecule has 1 atom stereocenters. The van der Waals surface area contributed by atoms with E-state index in [-0.39, 0.29) is 34.2 Å². The van der Waals surface area contributed by atoms with Gasteiger partial charge < -0.3 is 13.1 Å². The van der Waals surface area contributed by atoms with E-state index in [1.165, 1.54) is 23.3 Å². The van der Waals surface area contributed by atoms with Crippen molar-refractivity contribution in [2.75, 3.05) is 6.61 Å². The van der Waals surface area contributed by atoms with Crippen molar-refractivity contribution in [3.8, 4) is 0 Å². The minimum absolute atomic E-state index is 0.120. The summed E-state index contributed by atoms with van der Waals surface area (Å²) in [6.45, 7) is 30.5. The molecule has 1 aliphatic rings. The molecule has 2 heterocycles. The van der Waals surface area contributed by atoms with Gasteiger partial charge in [0.15, 0.2) is 0 Å². The Morgan fingerprint density at radius 3 is 1.44 bits per heavy atom. The third-order valence-electron chi connectivity index (χ3n) is 9.37. The lowest BCUT2D eigenvalue weighted by atomic mass is 9.77. The zero-order valence-corrected chi connectivity index (χ0v) is 33.0. The van der Waals surface area contributed by atoms with Crippen LogP contribution in [-0.4, -0.2) is 24.1 Å². The molecule has 0 spiro atoms. The highest BCUT2D eigenvalue weighted by molar-refractivity contribution is 7.31. The number of fused-ring (bicyclic) bond motifs is 3. The van der Waals surface area contributed by atoms with E-state index >= 15 is 0 Å². The minimum Gasteiger partial charge on any atom is -0.475 e. The van der Waals surface area contributed by atoms with Crippen molar-refractivity contribution in [1.29, 1.82) is 0 Å². The highest BCUT2D eigenvalue weighted by Gasteiger charge is 2.39. The maximum Gasteiger partial charge on any atom is 0.416 e. The number of nitrogens with zero attached hydrogens (tertiary/aromatic N) is 1. The zero-order valence-electron chi connectivity index (χ0n) is 32.1. The second-order valence-electron chi connectivity index (χ2n) is 18.2. The van der Waals surface area contributed by atoms with Gasteiger partial charge in [-0.2, -0.15) is 13.2 Å². The Balaban J connectivity index is 1.76. The Kier molecular flexibility index (Phi) is 9.49. The first-order valence-electron chi connectivity index (χ1n) is 17.3. The maximum absolute atomic E-state index is 13.2. The van der Waals surface area contributed by atoms with Crippen LogP contribution in [0.4, 0.5) is 13.2 Å². The third-order valence-corrected chi connectivity index (χ3v) is 10.7. The second kappa shape index (κ2) is 12.5. The Labute approximate surface area is 296 Å². The summed E-state index contributed by atoms with van der Waals surface area (Å²) in [5, 5.41) is 1.96. The lowest BCUT2D eigenvalue weighted by Crippen LogP contribution is -2.41. The predicted octanol–water partition coefficient (Wildman–Crippen LogP) is 12.6. The summed E-state index contributed by atoms with van der Waals surface area (Å²) in [6.07, 6.45) is -4.42. The van der Waals surface area contributed by atoms with E-state index in [9.17, 15) is 13.2 Å². The number of hydrogen-bond acceptors (Lipinski definition) is 5. The Morgan fingerprint density at radius 1 is 0.620 bits per heavy atom. The molecule has 0 bridgehead atoms. The Hall–Kier alpha value is -3.22. The fraction of sp³-hybridized carbons (Fsp3) is 0.537. The smallest absolute Gasteiger partial charge is 0.416 e. The fourth-order valence-corrected chi connectivity index (χ4v) is 7.29. The van der Waals surface area contributed by atoms with E-state index < -0.39 is 31.6 Å². The average Bonchev–Trinajstić information content (AvgIpc) is 3.40. The number of hydrogen-bond donors (Lipinski definition) is 0. The molecular weight excluding hydrogens is 658 g/mol. The van der Waals surface area contributed by atoms with Crippen molar-refractivity contribution in [1.82, 2.24) is 0 Å². The molecule has 4 aromatic rings. The van der Waals surface area contributed by atoms with Crippen LogP contribution in [0.1, 0.15) is 130 Å². The summed E-state index contributed by atoms with van der Waals surface area (Å²) < 4.78 is 66.1. The van der Waals surface area contributed by atoms with Gasteiger partial charge in [0.25, 0.3) is 0 Å². The SMILES string of the molecule is CC(C)(C)c1cc(C(C)(C)C)c2op(OC(C)(C)[C@@H]3COC(c4ccc(C(F)(F)F)cc4)=N3)oc3c(C(C)(C)C)cc(C(C)(C)C)cc3c2c1. The van der Waals surface area contributed by atoms with Gasteiger partial charge in [0, 0.05) is 27.5 Å². The van der Waals surface area contributed by atoms with Crippen molar-refractivity contribution in [2.24, 2.45) is 4.99 Å². The molecule has 5 nitrogen and oxygen atoms in total. The molecule has 9 heteroatoms. The zero-order chi connectivity index (χ0) is 37.4. The van der Waals surface area contributed by atoms with Gasteiger partial charge in [-0.3, -0.25) is 4.52 Å². The summed E-state index contributed by atoms with van der Waals surface area (Å²) >= 11 is 0. The van der Waals surface area contributed by atoms with Crippen LogP contribution in [0.15, 0.2) is 61.9 Å². The normalized spacial score (nSPS) is 16.6. The summed E-state index contributed by atoms with van der Waals surface area (Å²) in [5.74, 6) is 0.279. The topological polar surface area (TPSA) is 57.1 Å². The van der Waals surface area contributed by atoms with Gasteiger partial charge in [-0.1, -0.05) is 95.2 Å². The minimum atomic E-state index is -4.42. The van der Waals surface area contributed by atoms with Crippen molar-refractivity contribution in [2.45, 2.75) is 136 Å². The number of benzene rings is 3. The van der Waals surface area contributed by atoms with Gasteiger partial charge in [-0.25, -0.2) is 4.99 Å². The lowest BCUT2D eigenvalue weighted by molar-refractivity contribution is -0.137. The number of alkyl halides is 3. The summed E-state index contributed by atoms with van der Waals surface area (Å²) in [4.78, 5) is 4.78. The first-order valence-corrected chi connectivity index (χ1v) is 18.4. The van der Waals surface area contributed by atoms with Gasteiger partial charge in [0.2, 0.25) is 5.90 Å². The molecule has 272 valence electrons. The molecule has 0 aliphatic carbocycles. The van der Waals surface area contributed by atoms with Crippen LogP contribution < -0.4 is 4.52 Å². The second-order valence-corrected chi connectivity index (χ2v) is 19.2. The van der Waals surface area contributed by atoms with Crippen LogP contribution in [0.2, 0.25) is 0 Å². The molecule has 0 radical (unpaired) electrons. The van der Waals surface area contributed by atoms with Gasteiger partial charge in [0.05, 0.1) is 5.56 Å². The van der Waals surface area contributed by atoms with Crippen LogP contribution >= 0.6 is 8.24 Å². The molecule has 5 rings (SSSR count). The van der Waals surface area contributed by atoms with E-state index in [2.05, 4.69) is 107 Å². The summed E-state index contributed by atoms with van der Waals surface area (Å²) in [5.41, 5.74) is 4.09. The lowest BCUT2D eigenvalue weighted by Gasteiger charge is -2.27. The van der Waals surface area contributed by atoms with Gasteiger partial charge in [0.1, 0.15) is 29.4 Å². The Bertz CT molecular complexity index is 1880. The molecule has 50 heavy (non-hydrogen) atoms. The van der Waals surface area contributed by atoms with Gasteiger partial charge >= 0.3 is 14.4 Å². The third kappa shape index (κ3) is 7.82.